The maximum atomic E-state index is 13.9. The summed E-state index contributed by atoms with van der Waals surface area (Å²) >= 11 is 8.78. The SMILES string of the molecule is C=C(F)C(=O)N1CCN(c2nc(OCCN(C)C3S[C@@]3(C)C3CCC3)nc3c2CCN(c2cccc4cccc(Cl)c24)C3)C[C@@H]1CC#N. The highest BCUT2D eigenvalue weighted by atomic mass is 35.5. The fourth-order valence-electron chi connectivity index (χ4n) is 7.62. The van der Waals surface area contributed by atoms with Crippen LogP contribution in [0.15, 0.2) is 48.8 Å². The van der Waals surface area contributed by atoms with Crippen molar-refractivity contribution in [1.29, 1.82) is 5.26 Å². The first-order valence-electron chi connectivity index (χ1n) is 16.8. The monoisotopic (exact) mass is 689 g/mol. The van der Waals surface area contributed by atoms with E-state index < -0.39 is 17.8 Å². The zero-order valence-electron chi connectivity index (χ0n) is 27.5. The number of aromatic nitrogens is 2. The number of hydrogen-bond acceptors (Lipinski definition) is 9. The van der Waals surface area contributed by atoms with Crippen LogP contribution in [0.1, 0.15) is 43.9 Å². The fraction of sp³-hybridized carbons (Fsp3) is 0.500. The molecule has 48 heavy (non-hydrogen) atoms. The molecule has 3 fully saturated rings. The summed E-state index contributed by atoms with van der Waals surface area (Å²) in [5.74, 6) is -0.217. The number of likely N-dealkylation sites (N-methyl/N-ethyl adjacent to an activating group) is 1. The van der Waals surface area contributed by atoms with Gasteiger partial charge in [0.05, 0.1) is 41.2 Å². The van der Waals surface area contributed by atoms with Crippen LogP contribution in [0.25, 0.3) is 10.8 Å². The van der Waals surface area contributed by atoms with Crippen LogP contribution in [0, 0.1) is 17.2 Å². The summed E-state index contributed by atoms with van der Waals surface area (Å²) in [5, 5.41) is 12.9. The molecule has 0 radical (unpaired) electrons. The lowest BCUT2D eigenvalue weighted by molar-refractivity contribution is -0.131. The van der Waals surface area contributed by atoms with E-state index in [0.29, 0.717) is 53.8 Å². The number of carbonyl (C=O) groups excluding carboxylic acids is 1. The van der Waals surface area contributed by atoms with Gasteiger partial charge in [0.25, 0.3) is 5.91 Å². The molecule has 2 aromatic carbocycles. The number of piperazine rings is 1. The molecule has 4 aliphatic rings. The Hall–Kier alpha value is -3.59. The second-order valence-corrected chi connectivity index (χ2v) is 15.5. The van der Waals surface area contributed by atoms with Crippen molar-refractivity contribution in [1.82, 2.24) is 19.8 Å². The smallest absolute Gasteiger partial charge is 0.318 e. The maximum absolute atomic E-state index is 13.9. The molecule has 12 heteroatoms. The molecule has 252 valence electrons. The average Bonchev–Trinajstić information content (AvgIpc) is 3.74. The van der Waals surface area contributed by atoms with Crippen LogP contribution in [-0.4, -0.2) is 88.2 Å². The Bertz CT molecular complexity index is 1780. The number of halogens is 2. The lowest BCUT2D eigenvalue weighted by Gasteiger charge is -2.42. The Morgan fingerprint density at radius 2 is 2.00 bits per heavy atom. The Morgan fingerprint density at radius 1 is 1.21 bits per heavy atom. The van der Waals surface area contributed by atoms with Crippen molar-refractivity contribution in [2.24, 2.45) is 5.92 Å². The van der Waals surface area contributed by atoms with E-state index in [9.17, 15) is 14.4 Å². The molecule has 0 spiro atoms. The van der Waals surface area contributed by atoms with Gasteiger partial charge >= 0.3 is 6.01 Å². The summed E-state index contributed by atoms with van der Waals surface area (Å²) in [6.45, 7) is 9.13. The van der Waals surface area contributed by atoms with E-state index in [1.807, 2.05) is 12.1 Å². The Morgan fingerprint density at radius 3 is 2.73 bits per heavy atom. The third-order valence-corrected chi connectivity index (χ3v) is 12.8. The number of nitrogens with zero attached hydrogens (tertiary/aromatic N) is 7. The zero-order valence-corrected chi connectivity index (χ0v) is 29.1. The summed E-state index contributed by atoms with van der Waals surface area (Å²) in [5.41, 5.74) is 2.96. The molecule has 1 unspecified atom stereocenters. The van der Waals surface area contributed by atoms with Gasteiger partial charge in [0.2, 0.25) is 0 Å². The number of thioether (sulfide) groups is 1. The number of fused-ring (bicyclic) bond motifs is 2. The van der Waals surface area contributed by atoms with Crippen LogP contribution in [0.2, 0.25) is 5.02 Å². The van der Waals surface area contributed by atoms with Crippen LogP contribution >= 0.6 is 23.4 Å². The van der Waals surface area contributed by atoms with Gasteiger partial charge in [-0.15, -0.1) is 11.8 Å². The molecule has 0 N–H and O–H groups in total. The molecule has 9 nitrogen and oxygen atoms in total. The van der Waals surface area contributed by atoms with Crippen LogP contribution in [-0.2, 0) is 17.8 Å². The number of ether oxygens (including phenoxy) is 1. The largest absolute Gasteiger partial charge is 0.462 e. The third kappa shape index (κ3) is 6.19. The predicted molar refractivity (Wildman–Crippen MR) is 189 cm³/mol. The summed E-state index contributed by atoms with van der Waals surface area (Å²) in [6.07, 6.45) is 4.77. The van der Waals surface area contributed by atoms with Gasteiger partial charge in [-0.25, -0.2) is 4.39 Å². The molecular weight excluding hydrogens is 649 g/mol. The molecule has 2 saturated heterocycles. The molecule has 1 aromatic heterocycles. The minimum Gasteiger partial charge on any atom is -0.462 e. The summed E-state index contributed by atoms with van der Waals surface area (Å²) < 4.78 is 20.5. The highest BCUT2D eigenvalue weighted by molar-refractivity contribution is 8.08. The van der Waals surface area contributed by atoms with Gasteiger partial charge in [-0.3, -0.25) is 9.69 Å². The van der Waals surface area contributed by atoms with Gasteiger partial charge in [0, 0.05) is 54.1 Å². The van der Waals surface area contributed by atoms with Crippen molar-refractivity contribution in [2.45, 2.75) is 61.7 Å². The first-order chi connectivity index (χ1) is 23.2. The maximum Gasteiger partial charge on any atom is 0.318 e. The van der Waals surface area contributed by atoms with E-state index in [4.69, 9.17) is 26.3 Å². The molecule has 0 bridgehead atoms. The summed E-state index contributed by atoms with van der Waals surface area (Å²) in [7, 11) is 2.17. The Balaban J connectivity index is 1.15. The van der Waals surface area contributed by atoms with Crippen LogP contribution in [0.4, 0.5) is 15.9 Å². The quantitative estimate of drug-likeness (QED) is 0.182. The second-order valence-electron chi connectivity index (χ2n) is 13.5. The van der Waals surface area contributed by atoms with Crippen LogP contribution in [0.3, 0.4) is 0 Å². The third-order valence-electron chi connectivity index (χ3n) is 10.6. The molecule has 7 rings (SSSR count). The highest BCUT2D eigenvalue weighted by Crippen LogP contribution is 2.63. The molecule has 4 heterocycles. The first kappa shape index (κ1) is 32.9. The highest BCUT2D eigenvalue weighted by Gasteiger charge is 2.59. The van der Waals surface area contributed by atoms with Crippen LogP contribution in [0.5, 0.6) is 6.01 Å². The Labute approximate surface area is 290 Å². The number of nitriles is 1. The fourth-order valence-corrected chi connectivity index (χ4v) is 9.40. The molecule has 3 atom stereocenters. The number of anilines is 2. The van der Waals surface area contributed by atoms with E-state index >= 15 is 0 Å². The van der Waals surface area contributed by atoms with Gasteiger partial charge in [-0.05, 0) is 56.7 Å². The van der Waals surface area contributed by atoms with Gasteiger partial charge in [-0.1, -0.05) is 48.9 Å². The van der Waals surface area contributed by atoms with Crippen molar-refractivity contribution in [2.75, 3.05) is 56.2 Å². The van der Waals surface area contributed by atoms with Crippen molar-refractivity contribution in [3.8, 4) is 12.1 Å². The minimum absolute atomic E-state index is 0.0764. The second kappa shape index (κ2) is 13.4. The normalized spacial score (nSPS) is 23.9. The standard InChI is InChI=1S/C36H41ClFN7O2S/c1-23(38)33(46)45-18-17-44(21-26(45)13-15-39)32-27-14-16-43(30-12-5-8-24-7-4-11-28(37)31(24)30)22-29(27)40-35(41-32)47-20-19-42(3)34-36(2,48-34)25-9-6-10-25/h4-5,7-8,11-12,25-26,34H,1,6,9-10,13-14,16-22H2,2-3H3/t26-,34?,36-/m0/s1. The van der Waals surface area contributed by atoms with Crippen molar-refractivity contribution < 1.29 is 13.9 Å². The van der Waals surface area contributed by atoms with Crippen LogP contribution < -0.4 is 14.5 Å². The van der Waals surface area contributed by atoms with Crippen molar-refractivity contribution >= 4 is 51.5 Å². The topological polar surface area (TPSA) is 88.8 Å². The first-order valence-corrected chi connectivity index (χ1v) is 18.0. The lowest BCUT2D eigenvalue weighted by Crippen LogP contribution is -2.55. The number of rotatable bonds is 10. The zero-order chi connectivity index (χ0) is 33.6. The van der Waals surface area contributed by atoms with E-state index in [0.717, 1.165) is 52.5 Å². The van der Waals surface area contributed by atoms with Crippen molar-refractivity contribution in [3.63, 3.8) is 0 Å². The molecular formula is C36H41ClFN7O2S. The number of hydrogen-bond donors (Lipinski definition) is 0. The van der Waals surface area contributed by atoms with Gasteiger partial charge in [-0.2, -0.15) is 15.2 Å². The number of amides is 1. The van der Waals surface area contributed by atoms with Gasteiger partial charge < -0.3 is 19.4 Å². The molecule has 1 saturated carbocycles. The summed E-state index contributed by atoms with van der Waals surface area (Å²) in [4.78, 5) is 30.7. The van der Waals surface area contributed by atoms with E-state index in [-0.39, 0.29) is 13.0 Å². The molecule has 3 aromatic rings. The molecule has 3 aliphatic heterocycles. The van der Waals surface area contributed by atoms with E-state index in [2.05, 4.69) is 77.3 Å². The summed E-state index contributed by atoms with van der Waals surface area (Å²) in [6, 6.07) is 14.2. The van der Waals surface area contributed by atoms with Gasteiger partial charge in [0.1, 0.15) is 12.4 Å². The average molecular weight is 690 g/mol. The van der Waals surface area contributed by atoms with E-state index in [1.54, 1.807) is 0 Å². The Kier molecular flexibility index (Phi) is 9.18. The van der Waals surface area contributed by atoms with E-state index in [1.165, 1.54) is 24.2 Å². The number of carbonyl (C=O) groups is 1. The molecule has 1 aliphatic carbocycles. The minimum atomic E-state index is -1.02. The van der Waals surface area contributed by atoms with Gasteiger partial charge in [0.15, 0.2) is 5.83 Å². The van der Waals surface area contributed by atoms with Crippen molar-refractivity contribution in [3.05, 3.63) is 65.1 Å². The lowest BCUT2D eigenvalue weighted by atomic mass is 9.76. The number of benzene rings is 2. The predicted octanol–water partition coefficient (Wildman–Crippen LogP) is 6.20. The molecule has 1 amide bonds.